The summed E-state index contributed by atoms with van der Waals surface area (Å²) in [5.74, 6) is -0.542. The minimum absolute atomic E-state index is 0.0357. The van der Waals surface area contributed by atoms with Crippen LogP contribution in [0.15, 0.2) is 17.5 Å². The van der Waals surface area contributed by atoms with Crippen LogP contribution in [0.2, 0.25) is 0 Å². The van der Waals surface area contributed by atoms with Crippen molar-refractivity contribution in [3.05, 3.63) is 22.4 Å². The molecular weight excluding hydrogens is 264 g/mol. The van der Waals surface area contributed by atoms with Crippen molar-refractivity contribution in [2.24, 2.45) is 5.92 Å². The summed E-state index contributed by atoms with van der Waals surface area (Å²) in [6, 6.07) is 3.47. The van der Waals surface area contributed by atoms with Crippen LogP contribution in [0.1, 0.15) is 30.4 Å². The highest BCUT2D eigenvalue weighted by Crippen LogP contribution is 2.14. The Morgan fingerprint density at radius 3 is 2.63 bits per heavy atom. The largest absolute Gasteiger partial charge is 0.388 e. The molecule has 1 atom stereocenters. The normalized spacial score (nSPS) is 13.9. The average molecular weight is 284 g/mol. The van der Waals surface area contributed by atoms with Crippen LogP contribution >= 0.6 is 11.3 Å². The van der Waals surface area contributed by atoms with Gasteiger partial charge in [-0.15, -0.1) is 11.3 Å². The van der Waals surface area contributed by atoms with Gasteiger partial charge in [0.25, 0.3) is 5.91 Å². The van der Waals surface area contributed by atoms with Crippen molar-refractivity contribution in [3.63, 3.8) is 0 Å². The zero-order valence-electron chi connectivity index (χ0n) is 11.4. The first kappa shape index (κ1) is 15.7. The molecule has 0 aliphatic carbocycles. The lowest BCUT2D eigenvalue weighted by Crippen LogP contribution is -2.46. The molecule has 0 saturated carbocycles. The van der Waals surface area contributed by atoms with Crippen LogP contribution in [0.5, 0.6) is 0 Å². The lowest BCUT2D eigenvalue weighted by molar-refractivity contribution is -0.121. The van der Waals surface area contributed by atoms with Gasteiger partial charge in [0.2, 0.25) is 5.91 Å². The summed E-state index contributed by atoms with van der Waals surface area (Å²) in [6.07, 6.45) is 0. The molecular formula is C13H20N2O3S. The predicted octanol–water partition coefficient (Wildman–Crippen LogP) is 1.00. The first-order valence-corrected chi connectivity index (χ1v) is 7.01. The van der Waals surface area contributed by atoms with E-state index in [1.54, 1.807) is 24.4 Å². The van der Waals surface area contributed by atoms with Gasteiger partial charge < -0.3 is 15.7 Å². The summed E-state index contributed by atoms with van der Waals surface area (Å²) in [5.41, 5.74) is -0.951. The number of rotatable bonds is 6. The number of thiophene rings is 1. The van der Waals surface area contributed by atoms with Gasteiger partial charge in [0.15, 0.2) is 0 Å². The molecule has 1 rings (SSSR count). The number of carbonyl (C=O) groups excluding carboxylic acids is 2. The third-order valence-corrected chi connectivity index (χ3v) is 3.91. The van der Waals surface area contributed by atoms with Crippen LogP contribution in [0.4, 0.5) is 0 Å². The maximum absolute atomic E-state index is 11.6. The van der Waals surface area contributed by atoms with Gasteiger partial charge in [-0.2, -0.15) is 0 Å². The van der Waals surface area contributed by atoms with E-state index < -0.39 is 5.60 Å². The van der Waals surface area contributed by atoms with Crippen LogP contribution in [0, 0.1) is 5.92 Å². The second-order valence-corrected chi connectivity index (χ2v) is 5.90. The van der Waals surface area contributed by atoms with Gasteiger partial charge >= 0.3 is 0 Å². The fraction of sp³-hybridized carbons (Fsp3) is 0.538. The summed E-state index contributed by atoms with van der Waals surface area (Å²) >= 11 is 1.32. The Morgan fingerprint density at radius 1 is 1.42 bits per heavy atom. The van der Waals surface area contributed by atoms with Crippen LogP contribution in [-0.2, 0) is 4.79 Å². The summed E-state index contributed by atoms with van der Waals surface area (Å²) in [7, 11) is 0. The van der Waals surface area contributed by atoms with E-state index in [2.05, 4.69) is 10.6 Å². The van der Waals surface area contributed by atoms with Crippen molar-refractivity contribution < 1.29 is 14.7 Å². The van der Waals surface area contributed by atoms with Gasteiger partial charge in [-0.25, -0.2) is 0 Å². The van der Waals surface area contributed by atoms with Crippen molar-refractivity contribution in [1.82, 2.24) is 10.6 Å². The number of hydrogen-bond acceptors (Lipinski definition) is 4. The summed E-state index contributed by atoms with van der Waals surface area (Å²) in [5, 5.41) is 16.9. The van der Waals surface area contributed by atoms with E-state index in [4.69, 9.17) is 0 Å². The van der Waals surface area contributed by atoms with Gasteiger partial charge in [-0.05, 0) is 24.3 Å². The van der Waals surface area contributed by atoms with E-state index in [0.717, 1.165) is 0 Å². The number of amides is 2. The molecule has 1 unspecified atom stereocenters. The molecule has 1 heterocycles. The molecule has 0 spiro atoms. The molecule has 6 heteroatoms. The van der Waals surface area contributed by atoms with Gasteiger partial charge in [-0.3, -0.25) is 9.59 Å². The Hall–Kier alpha value is -1.40. The number of aliphatic hydroxyl groups is 1. The molecule has 2 amide bonds. The molecule has 0 aliphatic heterocycles. The molecule has 0 bridgehead atoms. The Morgan fingerprint density at radius 2 is 2.11 bits per heavy atom. The van der Waals surface area contributed by atoms with Crippen molar-refractivity contribution >= 4 is 23.2 Å². The highest BCUT2D eigenvalue weighted by Gasteiger charge is 2.25. The molecule has 1 aromatic rings. The van der Waals surface area contributed by atoms with E-state index in [1.165, 1.54) is 11.3 Å². The van der Waals surface area contributed by atoms with Crippen molar-refractivity contribution in [1.29, 1.82) is 0 Å². The molecule has 5 nitrogen and oxygen atoms in total. The lowest BCUT2D eigenvalue weighted by Gasteiger charge is -2.27. The Bertz CT molecular complexity index is 427. The predicted molar refractivity (Wildman–Crippen MR) is 75.1 cm³/mol. The van der Waals surface area contributed by atoms with Crippen LogP contribution in [0.25, 0.3) is 0 Å². The van der Waals surface area contributed by atoms with Crippen LogP contribution in [0.3, 0.4) is 0 Å². The SMILES string of the molecule is CC(C)C(C)(O)CNC(=O)CNC(=O)c1cccs1. The summed E-state index contributed by atoms with van der Waals surface area (Å²) in [6.45, 7) is 5.50. The Balaban J connectivity index is 2.31. The van der Waals surface area contributed by atoms with E-state index in [-0.39, 0.29) is 30.8 Å². The third-order valence-electron chi connectivity index (χ3n) is 3.04. The van der Waals surface area contributed by atoms with Gasteiger partial charge in [-0.1, -0.05) is 19.9 Å². The third kappa shape index (κ3) is 5.00. The minimum atomic E-state index is -0.951. The molecule has 0 radical (unpaired) electrons. The highest BCUT2D eigenvalue weighted by atomic mass is 32.1. The number of carbonyl (C=O) groups is 2. The first-order valence-electron chi connectivity index (χ1n) is 6.13. The van der Waals surface area contributed by atoms with Gasteiger partial charge in [0.05, 0.1) is 17.0 Å². The van der Waals surface area contributed by atoms with Gasteiger partial charge in [0, 0.05) is 6.54 Å². The maximum Gasteiger partial charge on any atom is 0.261 e. The van der Waals surface area contributed by atoms with Gasteiger partial charge in [0.1, 0.15) is 0 Å². The first-order chi connectivity index (χ1) is 8.83. The highest BCUT2D eigenvalue weighted by molar-refractivity contribution is 7.12. The second kappa shape index (κ2) is 6.68. The zero-order valence-corrected chi connectivity index (χ0v) is 12.2. The molecule has 0 aliphatic rings. The summed E-state index contributed by atoms with van der Waals surface area (Å²) < 4.78 is 0. The fourth-order valence-electron chi connectivity index (χ4n) is 1.20. The average Bonchev–Trinajstić information content (AvgIpc) is 2.87. The Kier molecular flexibility index (Phi) is 5.50. The smallest absolute Gasteiger partial charge is 0.261 e. The number of hydrogen-bond donors (Lipinski definition) is 3. The second-order valence-electron chi connectivity index (χ2n) is 4.95. The minimum Gasteiger partial charge on any atom is -0.388 e. The van der Waals surface area contributed by atoms with Crippen molar-refractivity contribution in [2.45, 2.75) is 26.4 Å². The van der Waals surface area contributed by atoms with E-state index in [1.807, 2.05) is 13.8 Å². The maximum atomic E-state index is 11.6. The standard InChI is InChI=1S/C13H20N2O3S/c1-9(2)13(3,18)8-15-11(16)7-14-12(17)10-5-4-6-19-10/h4-6,9,18H,7-8H2,1-3H3,(H,14,17)(H,15,16). The van der Waals surface area contributed by atoms with Crippen LogP contribution < -0.4 is 10.6 Å². The molecule has 0 fully saturated rings. The molecule has 1 aromatic heterocycles. The molecule has 106 valence electrons. The van der Waals surface area contributed by atoms with Crippen LogP contribution in [-0.4, -0.2) is 35.6 Å². The van der Waals surface area contributed by atoms with Crippen molar-refractivity contribution in [3.8, 4) is 0 Å². The fourth-order valence-corrected chi connectivity index (χ4v) is 1.84. The van der Waals surface area contributed by atoms with Crippen molar-refractivity contribution in [2.75, 3.05) is 13.1 Å². The van der Waals surface area contributed by atoms with E-state index >= 15 is 0 Å². The molecule has 0 saturated heterocycles. The number of nitrogens with one attached hydrogen (secondary N) is 2. The van der Waals surface area contributed by atoms with E-state index in [0.29, 0.717) is 4.88 Å². The topological polar surface area (TPSA) is 78.4 Å². The van der Waals surface area contributed by atoms with E-state index in [9.17, 15) is 14.7 Å². The molecule has 19 heavy (non-hydrogen) atoms. The zero-order chi connectivity index (χ0) is 14.5. The Labute approximate surface area is 117 Å². The molecule has 3 N–H and O–H groups in total. The monoisotopic (exact) mass is 284 g/mol. The quantitative estimate of drug-likeness (QED) is 0.729. The molecule has 0 aromatic carbocycles. The lowest BCUT2D eigenvalue weighted by atomic mass is 9.92. The summed E-state index contributed by atoms with van der Waals surface area (Å²) in [4.78, 5) is 23.7.